The van der Waals surface area contributed by atoms with Gasteiger partial charge in [0.05, 0.1) is 12.2 Å². The maximum absolute atomic E-state index is 12.7. The minimum atomic E-state index is -4.25. The number of hydrogen-bond donors (Lipinski definition) is 0. The molecule has 3 rings (SSSR count). The second kappa shape index (κ2) is 10.6. The van der Waals surface area contributed by atoms with E-state index >= 15 is 0 Å². The molecule has 0 aromatic heterocycles. The van der Waals surface area contributed by atoms with Crippen LogP contribution in [0.3, 0.4) is 0 Å². The fourth-order valence-electron chi connectivity index (χ4n) is 5.37. The van der Waals surface area contributed by atoms with Crippen LogP contribution in [0.25, 0.3) is 0 Å². The number of benzene rings is 1. The summed E-state index contributed by atoms with van der Waals surface area (Å²) in [5.74, 6) is 2.83. The Bertz CT molecular complexity index is 615. The van der Waals surface area contributed by atoms with E-state index in [0.29, 0.717) is 12.3 Å². The van der Waals surface area contributed by atoms with Gasteiger partial charge in [0, 0.05) is 0 Å². The monoisotopic (exact) mass is 410 g/mol. The molecule has 4 heteroatoms. The lowest BCUT2D eigenvalue weighted by Crippen LogP contribution is -2.25. The first-order chi connectivity index (χ1) is 14.0. The first-order valence-corrected chi connectivity index (χ1v) is 11.4. The van der Waals surface area contributed by atoms with E-state index in [2.05, 4.69) is 12.2 Å². The van der Waals surface area contributed by atoms with Gasteiger partial charge in [0.1, 0.15) is 0 Å². The molecule has 0 amide bonds. The van der Waals surface area contributed by atoms with Gasteiger partial charge < -0.3 is 0 Å². The van der Waals surface area contributed by atoms with Crippen molar-refractivity contribution in [1.29, 1.82) is 0 Å². The molecule has 0 saturated heterocycles. The van der Waals surface area contributed by atoms with Gasteiger partial charge in [0.2, 0.25) is 0 Å². The van der Waals surface area contributed by atoms with Crippen molar-refractivity contribution in [2.24, 2.45) is 17.8 Å². The quantitative estimate of drug-likeness (QED) is 0.240. The Labute approximate surface area is 172 Å². The number of allylic oxidation sites excluding steroid dienone is 2. The first kappa shape index (κ1) is 22.4. The molecule has 1 aromatic carbocycles. The lowest BCUT2D eigenvalue weighted by molar-refractivity contribution is -0.137. The van der Waals surface area contributed by atoms with E-state index in [0.717, 1.165) is 49.0 Å². The van der Waals surface area contributed by atoms with E-state index in [-0.39, 0.29) is 6.67 Å². The van der Waals surface area contributed by atoms with Crippen LogP contribution in [0, 0.1) is 17.8 Å². The number of hydrogen-bond acceptors (Lipinski definition) is 0. The summed E-state index contributed by atoms with van der Waals surface area (Å²) in [5.41, 5.74) is 0.517. The Hall–Kier alpha value is -1.32. The largest absolute Gasteiger partial charge is 0.416 e. The molecule has 0 bridgehead atoms. The van der Waals surface area contributed by atoms with Crippen molar-refractivity contribution in [3.05, 3.63) is 47.5 Å². The van der Waals surface area contributed by atoms with E-state index in [4.69, 9.17) is 0 Å². The van der Waals surface area contributed by atoms with Crippen molar-refractivity contribution in [2.75, 3.05) is 6.67 Å². The molecule has 0 unspecified atom stereocenters. The van der Waals surface area contributed by atoms with Crippen LogP contribution in [0.4, 0.5) is 17.6 Å². The minimum absolute atomic E-state index is 0.226. The van der Waals surface area contributed by atoms with Crippen LogP contribution in [-0.2, 0) is 6.18 Å². The summed E-state index contributed by atoms with van der Waals surface area (Å²) in [7, 11) is 0. The van der Waals surface area contributed by atoms with Gasteiger partial charge in [-0.3, -0.25) is 4.39 Å². The van der Waals surface area contributed by atoms with E-state index in [1.165, 1.54) is 50.7 Å². The van der Waals surface area contributed by atoms with Gasteiger partial charge in [0.15, 0.2) is 0 Å². The summed E-state index contributed by atoms with van der Waals surface area (Å²) >= 11 is 0. The standard InChI is InChI=1S/C25H34F4/c26-18-4-2-1-3-5-19-6-8-20(9-7-19)21-10-12-22(13-11-21)23-14-16-24(17-15-23)25(27,28)29/h1,3,14-17,19-22H,2,4-13,18H2/b3-1+. The molecule has 0 spiro atoms. The number of alkyl halides is 4. The SMILES string of the molecule is FCCC/C=C/CC1CCC(C2CCC(c3ccc(C(F)(F)F)cc3)CC2)CC1. The minimum Gasteiger partial charge on any atom is -0.251 e. The van der Waals surface area contributed by atoms with E-state index in [1.807, 2.05) is 0 Å². The van der Waals surface area contributed by atoms with Gasteiger partial charge in [-0.2, -0.15) is 13.2 Å². The second-order valence-corrected chi connectivity index (χ2v) is 9.05. The number of halogens is 4. The topological polar surface area (TPSA) is 0 Å². The average Bonchev–Trinajstić information content (AvgIpc) is 2.74. The molecule has 0 nitrogen and oxygen atoms in total. The smallest absolute Gasteiger partial charge is 0.251 e. The van der Waals surface area contributed by atoms with Crippen LogP contribution in [0.15, 0.2) is 36.4 Å². The Morgan fingerprint density at radius 3 is 1.93 bits per heavy atom. The van der Waals surface area contributed by atoms with Crippen molar-refractivity contribution >= 4 is 0 Å². The fraction of sp³-hybridized carbons (Fsp3) is 0.680. The molecular formula is C25H34F4. The van der Waals surface area contributed by atoms with Crippen LogP contribution in [0.5, 0.6) is 0 Å². The molecule has 1 aromatic rings. The van der Waals surface area contributed by atoms with Gasteiger partial charge in [-0.15, -0.1) is 0 Å². The average molecular weight is 411 g/mol. The molecule has 2 aliphatic carbocycles. The molecule has 29 heavy (non-hydrogen) atoms. The van der Waals surface area contributed by atoms with Gasteiger partial charge in [-0.25, -0.2) is 0 Å². The van der Waals surface area contributed by atoms with Crippen molar-refractivity contribution in [3.8, 4) is 0 Å². The Kier molecular flexibility index (Phi) is 8.20. The zero-order chi connectivity index (χ0) is 20.7. The van der Waals surface area contributed by atoms with Crippen LogP contribution in [-0.4, -0.2) is 6.67 Å². The summed E-state index contributed by atoms with van der Waals surface area (Å²) in [6, 6.07) is 5.82. The van der Waals surface area contributed by atoms with Crippen LogP contribution in [0.2, 0.25) is 0 Å². The highest BCUT2D eigenvalue weighted by Crippen LogP contribution is 2.44. The van der Waals surface area contributed by atoms with Gasteiger partial charge in [-0.1, -0.05) is 24.3 Å². The van der Waals surface area contributed by atoms with Crippen LogP contribution in [0.1, 0.15) is 87.7 Å². The summed E-state index contributed by atoms with van der Waals surface area (Å²) in [6.07, 6.45) is 12.6. The molecule has 2 fully saturated rings. The van der Waals surface area contributed by atoms with Crippen molar-refractivity contribution in [3.63, 3.8) is 0 Å². The molecule has 0 atom stereocenters. The Balaban J connectivity index is 1.39. The van der Waals surface area contributed by atoms with E-state index in [1.54, 1.807) is 12.1 Å². The highest BCUT2D eigenvalue weighted by atomic mass is 19.4. The van der Waals surface area contributed by atoms with Gasteiger partial charge in [0.25, 0.3) is 0 Å². The maximum atomic E-state index is 12.7. The summed E-state index contributed by atoms with van der Waals surface area (Å²) < 4.78 is 50.3. The molecular weight excluding hydrogens is 376 g/mol. The predicted octanol–water partition coefficient (Wildman–Crippen LogP) is 8.48. The Morgan fingerprint density at radius 2 is 1.38 bits per heavy atom. The van der Waals surface area contributed by atoms with Crippen molar-refractivity contribution in [2.45, 2.75) is 82.7 Å². The van der Waals surface area contributed by atoms with Crippen molar-refractivity contribution in [1.82, 2.24) is 0 Å². The van der Waals surface area contributed by atoms with Gasteiger partial charge >= 0.3 is 6.18 Å². The third kappa shape index (κ3) is 6.58. The van der Waals surface area contributed by atoms with E-state index in [9.17, 15) is 17.6 Å². The van der Waals surface area contributed by atoms with Crippen molar-refractivity contribution < 1.29 is 17.6 Å². The molecule has 0 heterocycles. The van der Waals surface area contributed by atoms with E-state index < -0.39 is 11.7 Å². The summed E-state index contributed by atoms with van der Waals surface area (Å²) in [4.78, 5) is 0. The zero-order valence-corrected chi connectivity index (χ0v) is 17.3. The number of unbranched alkanes of at least 4 members (excludes halogenated alkanes) is 1. The predicted molar refractivity (Wildman–Crippen MR) is 111 cm³/mol. The fourth-order valence-corrected chi connectivity index (χ4v) is 5.37. The molecule has 0 radical (unpaired) electrons. The Morgan fingerprint density at radius 1 is 0.793 bits per heavy atom. The zero-order valence-electron chi connectivity index (χ0n) is 17.3. The second-order valence-electron chi connectivity index (χ2n) is 9.05. The summed E-state index contributed by atoms with van der Waals surface area (Å²) in [6.45, 7) is -0.226. The first-order valence-electron chi connectivity index (χ1n) is 11.4. The van der Waals surface area contributed by atoms with Crippen LogP contribution < -0.4 is 0 Å². The molecule has 0 N–H and O–H groups in total. The number of rotatable bonds is 7. The molecule has 162 valence electrons. The lowest BCUT2D eigenvalue weighted by Gasteiger charge is -2.38. The van der Waals surface area contributed by atoms with Crippen LogP contribution >= 0.6 is 0 Å². The highest BCUT2D eigenvalue weighted by Gasteiger charge is 2.32. The third-order valence-corrected chi connectivity index (χ3v) is 7.18. The van der Waals surface area contributed by atoms with Gasteiger partial charge in [-0.05, 0) is 112 Å². The molecule has 2 aliphatic rings. The summed E-state index contributed by atoms with van der Waals surface area (Å²) in [5, 5.41) is 0. The maximum Gasteiger partial charge on any atom is 0.416 e. The normalized spacial score (nSPS) is 28.7. The molecule has 0 aliphatic heterocycles. The lowest BCUT2D eigenvalue weighted by atomic mass is 9.68. The third-order valence-electron chi connectivity index (χ3n) is 7.18. The molecule has 2 saturated carbocycles. The highest BCUT2D eigenvalue weighted by molar-refractivity contribution is 5.27.